The van der Waals surface area contributed by atoms with Crippen LogP contribution in [0.2, 0.25) is 0 Å². The van der Waals surface area contributed by atoms with Crippen LogP contribution in [-0.4, -0.2) is 58.1 Å². The Hall–Kier alpha value is -2.47. The number of hydrogen-bond donors (Lipinski definition) is 1. The van der Waals surface area contributed by atoms with Crippen LogP contribution in [0.1, 0.15) is 36.0 Å². The second-order valence-electron chi connectivity index (χ2n) is 7.19. The van der Waals surface area contributed by atoms with Crippen molar-refractivity contribution in [1.82, 2.24) is 20.0 Å². The van der Waals surface area contributed by atoms with Crippen LogP contribution in [-0.2, 0) is 0 Å². The third-order valence-corrected chi connectivity index (χ3v) is 5.41. The summed E-state index contributed by atoms with van der Waals surface area (Å²) in [5, 5.41) is 6.47. The first-order valence-corrected chi connectivity index (χ1v) is 9.40. The Morgan fingerprint density at radius 3 is 2.50 bits per heavy atom. The van der Waals surface area contributed by atoms with Crippen molar-refractivity contribution in [3.8, 4) is 11.3 Å². The highest BCUT2D eigenvalue weighted by atomic mass is 16.2. The number of nitrogens with zero attached hydrogens (tertiary/aromatic N) is 3. The Labute approximate surface area is 152 Å². The second-order valence-corrected chi connectivity index (χ2v) is 7.19. The first kappa shape index (κ1) is 17.0. The molecule has 26 heavy (non-hydrogen) atoms. The minimum Gasteiger partial charge on any atom is -0.334 e. The van der Waals surface area contributed by atoms with Crippen LogP contribution in [0.4, 0.5) is 0 Å². The van der Waals surface area contributed by atoms with E-state index in [-0.39, 0.29) is 11.5 Å². The number of aromatic amines is 1. The van der Waals surface area contributed by atoms with Crippen LogP contribution in [0.3, 0.4) is 0 Å². The van der Waals surface area contributed by atoms with Crippen molar-refractivity contribution in [2.24, 2.45) is 0 Å². The van der Waals surface area contributed by atoms with Crippen molar-refractivity contribution in [3.63, 3.8) is 0 Å². The number of nitrogens with one attached hydrogen (secondary N) is 1. The molecule has 1 N–H and O–H groups in total. The van der Waals surface area contributed by atoms with Gasteiger partial charge in [0.1, 0.15) is 0 Å². The Bertz CT molecular complexity index is 804. The summed E-state index contributed by atoms with van der Waals surface area (Å²) in [6.07, 6.45) is 4.74. The Morgan fingerprint density at radius 2 is 1.81 bits per heavy atom. The highest BCUT2D eigenvalue weighted by molar-refractivity contribution is 5.95. The molecule has 2 aliphatic heterocycles. The number of likely N-dealkylation sites (tertiary alicyclic amines) is 2. The molecule has 0 aliphatic carbocycles. The van der Waals surface area contributed by atoms with Crippen LogP contribution < -0.4 is 5.56 Å². The van der Waals surface area contributed by atoms with E-state index in [0.29, 0.717) is 17.3 Å². The number of benzene rings is 1. The van der Waals surface area contributed by atoms with Crippen LogP contribution in [0, 0.1) is 0 Å². The molecule has 2 saturated heterocycles. The molecule has 2 aromatic rings. The average Bonchev–Trinajstić information content (AvgIpc) is 3.34. The molecule has 0 radical (unpaired) electrons. The Morgan fingerprint density at radius 1 is 1.04 bits per heavy atom. The van der Waals surface area contributed by atoms with Gasteiger partial charge in [0.25, 0.3) is 11.5 Å². The number of carbonyl (C=O) groups excluding carboxylic acids is 1. The maximum Gasteiger partial charge on any atom is 0.264 e. The summed E-state index contributed by atoms with van der Waals surface area (Å²) < 4.78 is 0. The van der Waals surface area contributed by atoms with Crippen molar-refractivity contribution in [3.05, 3.63) is 52.3 Å². The number of carbonyl (C=O) groups is 1. The van der Waals surface area contributed by atoms with E-state index in [2.05, 4.69) is 15.1 Å². The molecule has 0 spiro atoms. The van der Waals surface area contributed by atoms with Gasteiger partial charge in [0, 0.05) is 36.3 Å². The Kier molecular flexibility index (Phi) is 4.84. The first-order chi connectivity index (χ1) is 12.7. The molecule has 1 amide bonds. The SMILES string of the molecule is O=C(c1ccc(-c2ccc(=O)[nH]n2)cc1)N1CCCC1CN1CCCC1. The van der Waals surface area contributed by atoms with Gasteiger partial charge in [0.05, 0.1) is 5.69 Å². The smallest absolute Gasteiger partial charge is 0.264 e. The molecule has 4 rings (SSSR count). The predicted molar refractivity (Wildman–Crippen MR) is 100 cm³/mol. The van der Waals surface area contributed by atoms with E-state index in [9.17, 15) is 9.59 Å². The molecule has 0 saturated carbocycles. The average molecular weight is 352 g/mol. The monoisotopic (exact) mass is 352 g/mol. The maximum atomic E-state index is 13.0. The lowest BCUT2D eigenvalue weighted by molar-refractivity contribution is 0.0709. The van der Waals surface area contributed by atoms with Gasteiger partial charge in [-0.3, -0.25) is 9.59 Å². The molecular formula is C20H24N4O2. The third-order valence-electron chi connectivity index (χ3n) is 5.41. The van der Waals surface area contributed by atoms with Crippen molar-refractivity contribution >= 4 is 5.91 Å². The molecule has 1 aromatic heterocycles. The highest BCUT2D eigenvalue weighted by Gasteiger charge is 2.31. The van der Waals surface area contributed by atoms with Crippen LogP contribution >= 0.6 is 0 Å². The van der Waals surface area contributed by atoms with Crippen LogP contribution in [0.15, 0.2) is 41.2 Å². The van der Waals surface area contributed by atoms with Gasteiger partial charge in [0.2, 0.25) is 0 Å². The summed E-state index contributed by atoms with van der Waals surface area (Å²) in [7, 11) is 0. The molecule has 1 atom stereocenters. The van der Waals surface area contributed by atoms with Crippen LogP contribution in [0.25, 0.3) is 11.3 Å². The zero-order valence-corrected chi connectivity index (χ0v) is 14.9. The topological polar surface area (TPSA) is 69.3 Å². The molecule has 136 valence electrons. The van der Waals surface area contributed by atoms with Crippen molar-refractivity contribution < 1.29 is 4.79 Å². The lowest BCUT2D eigenvalue weighted by Crippen LogP contribution is -2.42. The lowest BCUT2D eigenvalue weighted by atomic mass is 10.1. The molecular weight excluding hydrogens is 328 g/mol. The fraction of sp³-hybridized carbons (Fsp3) is 0.450. The van der Waals surface area contributed by atoms with Crippen molar-refractivity contribution in [1.29, 1.82) is 0 Å². The van der Waals surface area contributed by atoms with Gasteiger partial charge in [-0.25, -0.2) is 5.10 Å². The van der Waals surface area contributed by atoms with E-state index in [1.165, 1.54) is 32.0 Å². The van der Waals surface area contributed by atoms with E-state index in [0.717, 1.165) is 31.5 Å². The molecule has 6 heteroatoms. The predicted octanol–water partition coefficient (Wildman–Crippen LogP) is 2.14. The minimum atomic E-state index is -0.223. The van der Waals surface area contributed by atoms with Gasteiger partial charge in [-0.15, -0.1) is 0 Å². The van der Waals surface area contributed by atoms with E-state index in [1.807, 2.05) is 29.2 Å². The van der Waals surface area contributed by atoms with Gasteiger partial charge in [0.15, 0.2) is 0 Å². The van der Waals surface area contributed by atoms with Gasteiger partial charge < -0.3 is 9.80 Å². The molecule has 0 bridgehead atoms. The largest absolute Gasteiger partial charge is 0.334 e. The van der Waals surface area contributed by atoms with Gasteiger partial charge >= 0.3 is 0 Å². The quantitative estimate of drug-likeness (QED) is 0.915. The molecule has 1 aromatic carbocycles. The first-order valence-electron chi connectivity index (χ1n) is 9.40. The summed E-state index contributed by atoms with van der Waals surface area (Å²) in [5.74, 6) is 0.118. The molecule has 6 nitrogen and oxygen atoms in total. The van der Waals surface area contributed by atoms with Crippen molar-refractivity contribution in [2.45, 2.75) is 31.7 Å². The third kappa shape index (κ3) is 3.55. The zero-order valence-electron chi connectivity index (χ0n) is 14.9. The van der Waals surface area contributed by atoms with E-state index >= 15 is 0 Å². The summed E-state index contributed by atoms with van der Waals surface area (Å²) in [6, 6.07) is 11.0. The number of amides is 1. The number of rotatable bonds is 4. The van der Waals surface area contributed by atoms with Crippen molar-refractivity contribution in [2.75, 3.05) is 26.2 Å². The normalized spacial score (nSPS) is 20.6. The highest BCUT2D eigenvalue weighted by Crippen LogP contribution is 2.23. The van der Waals surface area contributed by atoms with Gasteiger partial charge in [-0.1, -0.05) is 12.1 Å². The van der Waals surface area contributed by atoms with Gasteiger partial charge in [-0.2, -0.15) is 5.10 Å². The van der Waals surface area contributed by atoms with E-state index in [1.54, 1.807) is 6.07 Å². The van der Waals surface area contributed by atoms with Gasteiger partial charge in [-0.05, 0) is 57.0 Å². The summed E-state index contributed by atoms with van der Waals surface area (Å²) in [5.41, 5.74) is 2.06. The second kappa shape index (κ2) is 7.41. The molecule has 2 aliphatic rings. The summed E-state index contributed by atoms with van der Waals surface area (Å²) in [4.78, 5) is 28.6. The Balaban J connectivity index is 1.46. The summed E-state index contributed by atoms with van der Waals surface area (Å²) in [6.45, 7) is 4.19. The zero-order chi connectivity index (χ0) is 17.9. The number of H-pyrrole nitrogens is 1. The van der Waals surface area contributed by atoms with Crippen LogP contribution in [0.5, 0.6) is 0 Å². The molecule has 3 heterocycles. The lowest BCUT2D eigenvalue weighted by Gasteiger charge is -2.28. The number of hydrogen-bond acceptors (Lipinski definition) is 4. The fourth-order valence-electron chi connectivity index (χ4n) is 4.01. The van der Waals surface area contributed by atoms with E-state index < -0.39 is 0 Å². The molecule has 2 fully saturated rings. The minimum absolute atomic E-state index is 0.118. The standard InChI is InChI=1S/C20H24N4O2/c25-19-10-9-18(21-22-19)15-5-7-16(8-6-15)20(26)24-13-3-4-17(24)14-23-11-1-2-12-23/h5-10,17H,1-4,11-14H2,(H,22,25). The van der Waals surface area contributed by atoms with E-state index in [4.69, 9.17) is 0 Å². The maximum absolute atomic E-state index is 13.0. The summed E-state index contributed by atoms with van der Waals surface area (Å²) >= 11 is 0. The number of aromatic nitrogens is 2. The fourth-order valence-corrected chi connectivity index (χ4v) is 4.01. The molecule has 1 unspecified atom stereocenters.